The van der Waals surface area contributed by atoms with Gasteiger partial charge in [-0.25, -0.2) is 0 Å². The molecule has 2 rings (SSSR count). The molecule has 82 valence electrons. The van der Waals surface area contributed by atoms with Gasteiger partial charge >= 0.3 is 0 Å². The molecule has 0 aromatic heterocycles. The zero-order chi connectivity index (χ0) is 10.7. The molecule has 15 heavy (non-hydrogen) atoms. The molecular weight excluding hydrogens is 202 g/mol. The van der Waals surface area contributed by atoms with Gasteiger partial charge in [0.1, 0.15) is 0 Å². The van der Waals surface area contributed by atoms with Gasteiger partial charge in [-0.1, -0.05) is 24.6 Å². The smallest absolute Gasteiger partial charge is 0.0191 e. The maximum atomic E-state index is 3.57. The standard InChI is InChI=1S/C13H19NS/c1-10-3-7-13(8-4-10)15-11(2)9-14-12-5-6-12/h3-4,7-8,11-12,14H,5-6,9H2,1-2H3. The Morgan fingerprint density at radius 2 is 2.00 bits per heavy atom. The van der Waals surface area contributed by atoms with Crippen LogP contribution in [0.3, 0.4) is 0 Å². The second kappa shape index (κ2) is 5.04. The fraction of sp³-hybridized carbons (Fsp3) is 0.538. The highest BCUT2D eigenvalue weighted by Gasteiger charge is 2.20. The summed E-state index contributed by atoms with van der Waals surface area (Å²) in [7, 11) is 0. The molecule has 1 aromatic rings. The second-order valence-electron chi connectivity index (χ2n) is 4.42. The van der Waals surface area contributed by atoms with Crippen molar-refractivity contribution in [1.82, 2.24) is 5.32 Å². The van der Waals surface area contributed by atoms with Crippen molar-refractivity contribution in [3.63, 3.8) is 0 Å². The normalized spacial score (nSPS) is 17.7. The summed E-state index contributed by atoms with van der Waals surface area (Å²) in [5, 5.41) is 4.23. The Morgan fingerprint density at radius 3 is 2.60 bits per heavy atom. The number of aryl methyl sites for hydroxylation is 1. The first-order valence-electron chi connectivity index (χ1n) is 5.71. The summed E-state index contributed by atoms with van der Waals surface area (Å²) in [6.07, 6.45) is 2.75. The van der Waals surface area contributed by atoms with Crippen LogP contribution in [-0.2, 0) is 0 Å². The van der Waals surface area contributed by atoms with E-state index in [2.05, 4.69) is 43.4 Å². The zero-order valence-electron chi connectivity index (χ0n) is 9.49. The molecule has 0 radical (unpaired) electrons. The van der Waals surface area contributed by atoms with Crippen LogP contribution < -0.4 is 5.32 Å². The Hall–Kier alpha value is -0.470. The van der Waals surface area contributed by atoms with Crippen LogP contribution in [0.2, 0.25) is 0 Å². The fourth-order valence-corrected chi connectivity index (χ4v) is 2.45. The number of hydrogen-bond donors (Lipinski definition) is 1. The predicted octanol–water partition coefficient (Wildman–Crippen LogP) is 3.23. The van der Waals surface area contributed by atoms with Gasteiger partial charge in [0.05, 0.1) is 0 Å². The molecule has 1 unspecified atom stereocenters. The highest BCUT2D eigenvalue weighted by atomic mass is 32.2. The van der Waals surface area contributed by atoms with E-state index in [9.17, 15) is 0 Å². The first kappa shape index (κ1) is 11.0. The van der Waals surface area contributed by atoms with Gasteiger partial charge in [0.25, 0.3) is 0 Å². The Balaban J connectivity index is 1.76. The van der Waals surface area contributed by atoms with E-state index in [1.165, 1.54) is 23.3 Å². The minimum Gasteiger partial charge on any atom is -0.313 e. The van der Waals surface area contributed by atoms with Crippen LogP contribution in [0, 0.1) is 6.92 Å². The molecule has 0 bridgehead atoms. The molecule has 1 aliphatic carbocycles. The lowest BCUT2D eigenvalue weighted by molar-refractivity contribution is 0.679. The molecule has 0 spiro atoms. The Labute approximate surface area is 96.7 Å². The lowest BCUT2D eigenvalue weighted by Crippen LogP contribution is -2.24. The van der Waals surface area contributed by atoms with Crippen molar-refractivity contribution in [2.24, 2.45) is 0 Å². The van der Waals surface area contributed by atoms with Gasteiger partial charge in [0.2, 0.25) is 0 Å². The lowest BCUT2D eigenvalue weighted by Gasteiger charge is -2.11. The van der Waals surface area contributed by atoms with Crippen molar-refractivity contribution in [2.75, 3.05) is 6.54 Å². The van der Waals surface area contributed by atoms with E-state index in [1.54, 1.807) is 0 Å². The van der Waals surface area contributed by atoms with Crippen LogP contribution in [0.5, 0.6) is 0 Å². The van der Waals surface area contributed by atoms with Crippen molar-refractivity contribution >= 4 is 11.8 Å². The van der Waals surface area contributed by atoms with Crippen LogP contribution in [0.25, 0.3) is 0 Å². The molecular formula is C13H19NS. The monoisotopic (exact) mass is 221 g/mol. The third-order valence-electron chi connectivity index (χ3n) is 2.63. The van der Waals surface area contributed by atoms with Crippen molar-refractivity contribution in [1.29, 1.82) is 0 Å². The summed E-state index contributed by atoms with van der Waals surface area (Å²) in [6, 6.07) is 9.62. The molecule has 1 N–H and O–H groups in total. The summed E-state index contributed by atoms with van der Waals surface area (Å²) >= 11 is 1.96. The molecule has 0 aliphatic heterocycles. The molecule has 1 fully saturated rings. The third-order valence-corrected chi connectivity index (χ3v) is 3.74. The fourth-order valence-electron chi connectivity index (χ4n) is 1.51. The summed E-state index contributed by atoms with van der Waals surface area (Å²) in [6.45, 7) is 5.55. The van der Waals surface area contributed by atoms with Gasteiger partial charge in [0.15, 0.2) is 0 Å². The molecule has 1 saturated carbocycles. The Morgan fingerprint density at radius 1 is 1.33 bits per heavy atom. The topological polar surface area (TPSA) is 12.0 Å². The van der Waals surface area contributed by atoms with E-state index in [4.69, 9.17) is 0 Å². The summed E-state index contributed by atoms with van der Waals surface area (Å²) in [5.74, 6) is 0. The van der Waals surface area contributed by atoms with E-state index >= 15 is 0 Å². The molecule has 1 atom stereocenters. The van der Waals surface area contributed by atoms with Crippen molar-refractivity contribution in [3.05, 3.63) is 29.8 Å². The van der Waals surface area contributed by atoms with Crippen molar-refractivity contribution < 1.29 is 0 Å². The molecule has 0 saturated heterocycles. The third kappa shape index (κ3) is 3.88. The minimum atomic E-state index is 0.660. The summed E-state index contributed by atoms with van der Waals surface area (Å²) in [5.41, 5.74) is 1.34. The molecule has 1 aliphatic rings. The van der Waals surface area contributed by atoms with Gasteiger partial charge in [0, 0.05) is 22.7 Å². The van der Waals surface area contributed by atoms with Crippen molar-refractivity contribution in [2.45, 2.75) is 42.9 Å². The first-order valence-corrected chi connectivity index (χ1v) is 6.59. The van der Waals surface area contributed by atoms with E-state index in [-0.39, 0.29) is 0 Å². The van der Waals surface area contributed by atoms with Crippen LogP contribution >= 0.6 is 11.8 Å². The van der Waals surface area contributed by atoms with E-state index in [1.807, 2.05) is 11.8 Å². The van der Waals surface area contributed by atoms with Crippen LogP contribution in [0.15, 0.2) is 29.2 Å². The predicted molar refractivity (Wildman–Crippen MR) is 67.5 cm³/mol. The summed E-state index contributed by atoms with van der Waals surface area (Å²) in [4.78, 5) is 1.38. The summed E-state index contributed by atoms with van der Waals surface area (Å²) < 4.78 is 0. The largest absolute Gasteiger partial charge is 0.313 e. The van der Waals surface area contributed by atoms with Gasteiger partial charge in [-0.15, -0.1) is 11.8 Å². The number of nitrogens with one attached hydrogen (secondary N) is 1. The number of benzene rings is 1. The molecule has 1 aromatic carbocycles. The van der Waals surface area contributed by atoms with Crippen molar-refractivity contribution in [3.8, 4) is 0 Å². The molecule has 2 heteroatoms. The average molecular weight is 221 g/mol. The Kier molecular flexibility index (Phi) is 3.71. The average Bonchev–Trinajstić information content (AvgIpc) is 3.02. The van der Waals surface area contributed by atoms with Crippen LogP contribution in [-0.4, -0.2) is 17.8 Å². The van der Waals surface area contributed by atoms with Gasteiger partial charge in [-0.05, 0) is 31.9 Å². The maximum absolute atomic E-state index is 3.57. The number of thioether (sulfide) groups is 1. The van der Waals surface area contributed by atoms with Gasteiger partial charge < -0.3 is 5.32 Å². The van der Waals surface area contributed by atoms with Crippen LogP contribution in [0.1, 0.15) is 25.3 Å². The highest BCUT2D eigenvalue weighted by molar-refractivity contribution is 8.00. The van der Waals surface area contributed by atoms with Gasteiger partial charge in [-0.3, -0.25) is 0 Å². The second-order valence-corrected chi connectivity index (χ2v) is 5.94. The number of rotatable bonds is 5. The first-order chi connectivity index (χ1) is 7.24. The molecule has 1 nitrogen and oxygen atoms in total. The van der Waals surface area contributed by atoms with E-state index in [0.717, 1.165) is 12.6 Å². The quantitative estimate of drug-likeness (QED) is 0.766. The molecule has 0 heterocycles. The molecule has 0 amide bonds. The lowest BCUT2D eigenvalue weighted by atomic mass is 10.2. The van der Waals surface area contributed by atoms with Gasteiger partial charge in [-0.2, -0.15) is 0 Å². The SMILES string of the molecule is Cc1ccc(SC(C)CNC2CC2)cc1. The highest BCUT2D eigenvalue weighted by Crippen LogP contribution is 2.24. The number of hydrogen-bond acceptors (Lipinski definition) is 2. The zero-order valence-corrected chi connectivity index (χ0v) is 10.3. The minimum absolute atomic E-state index is 0.660. The maximum Gasteiger partial charge on any atom is 0.0191 e. The van der Waals surface area contributed by atoms with Crippen LogP contribution in [0.4, 0.5) is 0 Å². The Bertz CT molecular complexity index is 303. The van der Waals surface area contributed by atoms with E-state index in [0.29, 0.717) is 5.25 Å². The van der Waals surface area contributed by atoms with E-state index < -0.39 is 0 Å².